The van der Waals surface area contributed by atoms with E-state index < -0.39 is 0 Å². The lowest BCUT2D eigenvalue weighted by molar-refractivity contribution is 0.825. The lowest BCUT2D eigenvalue weighted by Crippen LogP contribution is -2.11. The lowest BCUT2D eigenvalue weighted by Gasteiger charge is -2.05. The second kappa shape index (κ2) is 7.99. The standard InChI is InChI=1S/C19H21N3/c1-2-3-8-19(21)22-14-15-9-11-16(12-10-15)18-7-5-4-6-17(18)13-20/h4-7,9-12H,2-3,8,14H2,1H3,(H2,21,22). The van der Waals surface area contributed by atoms with Gasteiger partial charge in [-0.2, -0.15) is 5.26 Å². The fraction of sp³-hybridized carbons (Fsp3) is 0.263. The Hall–Kier alpha value is -2.60. The third-order valence-corrected chi connectivity index (χ3v) is 3.56. The van der Waals surface area contributed by atoms with Gasteiger partial charge in [0.25, 0.3) is 0 Å². The molecule has 0 aliphatic carbocycles. The number of unbranched alkanes of at least 4 members (excludes halogenated alkanes) is 1. The molecule has 0 radical (unpaired) electrons. The van der Waals surface area contributed by atoms with Crippen LogP contribution in [0, 0.1) is 11.3 Å². The van der Waals surface area contributed by atoms with Gasteiger partial charge in [-0.05, 0) is 29.2 Å². The van der Waals surface area contributed by atoms with Crippen molar-refractivity contribution in [2.24, 2.45) is 10.7 Å². The molecule has 2 aromatic rings. The minimum Gasteiger partial charge on any atom is -0.387 e. The highest BCUT2D eigenvalue weighted by Gasteiger charge is 2.03. The van der Waals surface area contributed by atoms with Gasteiger partial charge in [0.05, 0.1) is 24.0 Å². The van der Waals surface area contributed by atoms with Gasteiger partial charge in [-0.1, -0.05) is 55.8 Å². The minimum absolute atomic E-state index is 0.607. The largest absolute Gasteiger partial charge is 0.387 e. The van der Waals surface area contributed by atoms with E-state index in [1.807, 2.05) is 48.5 Å². The first-order valence-electron chi connectivity index (χ1n) is 7.62. The lowest BCUT2D eigenvalue weighted by atomic mass is 9.99. The van der Waals surface area contributed by atoms with Crippen molar-refractivity contribution in [3.05, 3.63) is 59.7 Å². The average Bonchev–Trinajstić information content (AvgIpc) is 2.58. The summed E-state index contributed by atoms with van der Waals surface area (Å²) in [7, 11) is 0. The van der Waals surface area contributed by atoms with Gasteiger partial charge in [0.1, 0.15) is 0 Å². The average molecular weight is 291 g/mol. The van der Waals surface area contributed by atoms with E-state index in [0.29, 0.717) is 12.1 Å². The Morgan fingerprint density at radius 1 is 1.14 bits per heavy atom. The van der Waals surface area contributed by atoms with Gasteiger partial charge in [-0.15, -0.1) is 0 Å². The number of benzene rings is 2. The Morgan fingerprint density at radius 2 is 1.86 bits per heavy atom. The Bertz CT molecular complexity index is 679. The van der Waals surface area contributed by atoms with Crippen molar-refractivity contribution in [2.75, 3.05) is 0 Å². The molecular formula is C19H21N3. The van der Waals surface area contributed by atoms with E-state index in [2.05, 4.69) is 18.0 Å². The van der Waals surface area contributed by atoms with Crippen molar-refractivity contribution >= 4 is 5.84 Å². The van der Waals surface area contributed by atoms with Crippen molar-refractivity contribution in [3.63, 3.8) is 0 Å². The smallest absolute Gasteiger partial charge is 0.0998 e. The molecule has 0 aliphatic heterocycles. The van der Waals surface area contributed by atoms with E-state index in [1.54, 1.807) is 0 Å². The number of amidine groups is 1. The van der Waals surface area contributed by atoms with E-state index in [1.165, 1.54) is 0 Å². The number of nitrogens with two attached hydrogens (primary N) is 1. The van der Waals surface area contributed by atoms with Crippen molar-refractivity contribution < 1.29 is 0 Å². The maximum absolute atomic E-state index is 9.17. The van der Waals surface area contributed by atoms with E-state index in [4.69, 9.17) is 11.0 Å². The first kappa shape index (κ1) is 15.8. The van der Waals surface area contributed by atoms with Crippen LogP contribution >= 0.6 is 0 Å². The van der Waals surface area contributed by atoms with Crippen molar-refractivity contribution in [3.8, 4) is 17.2 Å². The Labute approximate surface area is 132 Å². The van der Waals surface area contributed by atoms with Gasteiger partial charge in [0, 0.05) is 6.42 Å². The molecule has 0 fully saturated rings. The van der Waals surface area contributed by atoms with Crippen LogP contribution in [0.2, 0.25) is 0 Å². The second-order valence-corrected chi connectivity index (χ2v) is 5.27. The second-order valence-electron chi connectivity index (χ2n) is 5.27. The summed E-state index contributed by atoms with van der Waals surface area (Å²) in [6.45, 7) is 2.75. The third-order valence-electron chi connectivity index (χ3n) is 3.56. The molecule has 0 bridgehead atoms. The monoisotopic (exact) mass is 291 g/mol. The van der Waals surface area contributed by atoms with Gasteiger partial charge < -0.3 is 5.73 Å². The number of nitriles is 1. The predicted octanol–water partition coefficient (Wildman–Crippen LogP) is 4.27. The van der Waals surface area contributed by atoms with Crippen LogP contribution in [0.25, 0.3) is 11.1 Å². The maximum atomic E-state index is 9.17. The summed E-state index contributed by atoms with van der Waals surface area (Å²) in [4.78, 5) is 4.41. The molecule has 0 saturated carbocycles. The van der Waals surface area contributed by atoms with Gasteiger partial charge in [-0.3, -0.25) is 4.99 Å². The number of hydrogen-bond acceptors (Lipinski definition) is 2. The molecule has 2 rings (SSSR count). The zero-order valence-electron chi connectivity index (χ0n) is 12.9. The SMILES string of the molecule is CCCCC(N)=NCc1ccc(-c2ccccc2C#N)cc1. The molecular weight excluding hydrogens is 270 g/mol. The molecule has 3 heteroatoms. The van der Waals surface area contributed by atoms with Crippen LogP contribution < -0.4 is 5.73 Å². The van der Waals surface area contributed by atoms with Gasteiger partial charge in [0.2, 0.25) is 0 Å². The molecule has 0 heterocycles. The van der Waals surface area contributed by atoms with Crippen molar-refractivity contribution in [1.29, 1.82) is 5.26 Å². The summed E-state index contributed by atoms with van der Waals surface area (Å²) in [5.74, 6) is 0.723. The Balaban J connectivity index is 2.09. The molecule has 0 atom stereocenters. The summed E-state index contributed by atoms with van der Waals surface area (Å²) >= 11 is 0. The summed E-state index contributed by atoms with van der Waals surface area (Å²) in [6, 6.07) is 18.0. The molecule has 22 heavy (non-hydrogen) atoms. The Kier molecular flexibility index (Phi) is 5.73. The first-order chi connectivity index (χ1) is 10.7. The summed E-state index contributed by atoms with van der Waals surface area (Å²) in [6.07, 6.45) is 3.08. The molecule has 112 valence electrons. The molecule has 0 amide bonds. The van der Waals surface area contributed by atoms with Crippen LogP contribution in [0.3, 0.4) is 0 Å². The van der Waals surface area contributed by atoms with Crippen LogP contribution in [0.4, 0.5) is 0 Å². The van der Waals surface area contributed by atoms with Crippen molar-refractivity contribution in [2.45, 2.75) is 32.7 Å². The summed E-state index contributed by atoms with van der Waals surface area (Å²) in [5, 5.41) is 9.17. The van der Waals surface area contributed by atoms with E-state index in [9.17, 15) is 0 Å². The third kappa shape index (κ3) is 4.20. The van der Waals surface area contributed by atoms with Gasteiger partial charge in [0.15, 0.2) is 0 Å². The normalized spacial score (nSPS) is 11.2. The zero-order valence-corrected chi connectivity index (χ0v) is 12.9. The molecule has 0 unspecified atom stereocenters. The fourth-order valence-corrected chi connectivity index (χ4v) is 2.25. The summed E-state index contributed by atoms with van der Waals surface area (Å²) in [5.41, 5.74) is 9.70. The Morgan fingerprint density at radius 3 is 2.55 bits per heavy atom. The highest BCUT2D eigenvalue weighted by Crippen LogP contribution is 2.23. The van der Waals surface area contributed by atoms with Crippen LogP contribution in [0.5, 0.6) is 0 Å². The number of hydrogen-bond donors (Lipinski definition) is 1. The van der Waals surface area contributed by atoms with Crippen LogP contribution in [0.1, 0.15) is 37.3 Å². The molecule has 0 spiro atoms. The van der Waals surface area contributed by atoms with Crippen LogP contribution in [-0.4, -0.2) is 5.84 Å². The number of aliphatic imine (C=N–C) groups is 1. The molecule has 3 nitrogen and oxygen atoms in total. The topological polar surface area (TPSA) is 62.2 Å². The minimum atomic E-state index is 0.607. The molecule has 0 aliphatic rings. The highest BCUT2D eigenvalue weighted by molar-refractivity contribution is 5.80. The highest BCUT2D eigenvalue weighted by atomic mass is 14.8. The molecule has 2 aromatic carbocycles. The van der Waals surface area contributed by atoms with Crippen LogP contribution in [0.15, 0.2) is 53.5 Å². The molecule has 0 saturated heterocycles. The number of rotatable bonds is 6. The van der Waals surface area contributed by atoms with Crippen LogP contribution in [-0.2, 0) is 6.54 Å². The first-order valence-corrected chi connectivity index (χ1v) is 7.62. The van der Waals surface area contributed by atoms with Crippen molar-refractivity contribution in [1.82, 2.24) is 0 Å². The van der Waals surface area contributed by atoms with E-state index in [0.717, 1.165) is 41.8 Å². The number of nitrogens with zero attached hydrogens (tertiary/aromatic N) is 2. The predicted molar refractivity (Wildman–Crippen MR) is 91.4 cm³/mol. The van der Waals surface area contributed by atoms with E-state index >= 15 is 0 Å². The summed E-state index contributed by atoms with van der Waals surface area (Å²) < 4.78 is 0. The van der Waals surface area contributed by atoms with Gasteiger partial charge in [-0.25, -0.2) is 0 Å². The molecule has 0 aromatic heterocycles. The quantitative estimate of drug-likeness (QED) is 0.638. The fourth-order valence-electron chi connectivity index (χ4n) is 2.25. The van der Waals surface area contributed by atoms with Gasteiger partial charge >= 0.3 is 0 Å². The molecule has 2 N–H and O–H groups in total. The zero-order chi connectivity index (χ0) is 15.8. The van der Waals surface area contributed by atoms with E-state index in [-0.39, 0.29) is 0 Å². The maximum Gasteiger partial charge on any atom is 0.0998 e.